The zero-order chi connectivity index (χ0) is 18.2. The third kappa shape index (κ3) is 3.36. The first-order chi connectivity index (χ1) is 13.3. The molecule has 2 aromatic rings. The molecule has 2 bridgehead atoms. The Morgan fingerprint density at radius 2 is 1.93 bits per heavy atom. The van der Waals surface area contributed by atoms with Gasteiger partial charge in [0.05, 0.1) is 0 Å². The summed E-state index contributed by atoms with van der Waals surface area (Å²) in [4.78, 5) is 20.1. The second kappa shape index (κ2) is 7.23. The summed E-state index contributed by atoms with van der Waals surface area (Å²) in [7, 11) is 0. The lowest BCUT2D eigenvalue weighted by Crippen LogP contribution is -2.48. The van der Waals surface area contributed by atoms with E-state index in [-0.39, 0.29) is 5.56 Å². The van der Waals surface area contributed by atoms with Crippen LogP contribution in [0.5, 0.6) is 0 Å². The van der Waals surface area contributed by atoms with Crippen LogP contribution in [-0.2, 0) is 6.54 Å². The number of rotatable bonds is 3. The first-order valence-electron chi connectivity index (χ1n) is 10.6. The van der Waals surface area contributed by atoms with Gasteiger partial charge in [-0.2, -0.15) is 0 Å². The van der Waals surface area contributed by atoms with Crippen LogP contribution in [0, 0.1) is 11.8 Å². The van der Waals surface area contributed by atoms with Crippen molar-refractivity contribution in [2.45, 2.75) is 51.0 Å². The monoisotopic (exact) mass is 363 g/mol. The Morgan fingerprint density at radius 3 is 2.74 bits per heavy atom. The van der Waals surface area contributed by atoms with E-state index in [1.165, 1.54) is 50.8 Å². The highest BCUT2D eigenvalue weighted by molar-refractivity contribution is 5.61. The van der Waals surface area contributed by atoms with Crippen molar-refractivity contribution in [2.24, 2.45) is 11.8 Å². The normalized spacial score (nSPS) is 25.9. The minimum atomic E-state index is 0.163. The number of aromatic nitrogens is 2. The molecule has 1 saturated carbocycles. The van der Waals surface area contributed by atoms with Crippen LogP contribution in [0.25, 0.3) is 11.1 Å². The SMILES string of the molecule is O=c1c(-c2cccnc2)ccc2n1CC1CC2CN(CC2CCCCC2)C1. The molecule has 2 atom stereocenters. The Labute approximate surface area is 161 Å². The Balaban J connectivity index is 1.39. The molecule has 0 radical (unpaired) electrons. The molecule has 4 nitrogen and oxygen atoms in total. The van der Waals surface area contributed by atoms with Crippen LogP contribution in [-0.4, -0.2) is 34.1 Å². The molecule has 5 rings (SSSR count). The van der Waals surface area contributed by atoms with E-state index >= 15 is 0 Å². The van der Waals surface area contributed by atoms with Crippen LogP contribution in [0.1, 0.15) is 50.1 Å². The number of likely N-dealkylation sites (tertiary alicyclic amines) is 1. The summed E-state index contributed by atoms with van der Waals surface area (Å²) in [5.41, 5.74) is 3.12. The van der Waals surface area contributed by atoms with Crippen LogP contribution in [0.15, 0.2) is 41.5 Å². The smallest absolute Gasteiger partial charge is 0.258 e. The number of pyridine rings is 2. The average molecular weight is 364 g/mol. The second-order valence-electron chi connectivity index (χ2n) is 8.85. The van der Waals surface area contributed by atoms with Crippen LogP contribution < -0.4 is 5.56 Å². The molecule has 0 amide bonds. The zero-order valence-electron chi connectivity index (χ0n) is 16.0. The van der Waals surface area contributed by atoms with E-state index in [4.69, 9.17) is 0 Å². The fourth-order valence-electron chi connectivity index (χ4n) is 5.67. The van der Waals surface area contributed by atoms with Gasteiger partial charge in [0, 0.05) is 61.3 Å². The van der Waals surface area contributed by atoms with E-state index in [2.05, 4.69) is 20.5 Å². The third-order valence-corrected chi connectivity index (χ3v) is 6.89. The summed E-state index contributed by atoms with van der Waals surface area (Å²) in [5, 5.41) is 0. The number of fused-ring (bicyclic) bond motifs is 4. The van der Waals surface area contributed by atoms with Crippen molar-refractivity contribution in [1.29, 1.82) is 0 Å². The van der Waals surface area contributed by atoms with Gasteiger partial charge in [0.15, 0.2) is 0 Å². The number of hydrogen-bond acceptors (Lipinski definition) is 3. The molecule has 2 unspecified atom stereocenters. The van der Waals surface area contributed by atoms with Gasteiger partial charge in [-0.25, -0.2) is 0 Å². The predicted molar refractivity (Wildman–Crippen MR) is 108 cm³/mol. The minimum Gasteiger partial charge on any atom is -0.311 e. The van der Waals surface area contributed by atoms with Crippen molar-refractivity contribution in [2.75, 3.05) is 19.6 Å². The Bertz CT molecular complexity index is 854. The van der Waals surface area contributed by atoms with E-state index in [1.807, 2.05) is 18.2 Å². The summed E-state index contributed by atoms with van der Waals surface area (Å²) >= 11 is 0. The van der Waals surface area contributed by atoms with Crippen molar-refractivity contribution in [3.05, 3.63) is 52.7 Å². The van der Waals surface area contributed by atoms with Crippen LogP contribution in [0.4, 0.5) is 0 Å². The fourth-order valence-corrected chi connectivity index (χ4v) is 5.67. The summed E-state index contributed by atoms with van der Waals surface area (Å²) in [6, 6.07) is 8.10. The van der Waals surface area contributed by atoms with Crippen molar-refractivity contribution in [3.8, 4) is 11.1 Å². The van der Waals surface area contributed by atoms with Crippen LogP contribution in [0.2, 0.25) is 0 Å². The first kappa shape index (κ1) is 17.2. The lowest BCUT2D eigenvalue weighted by Gasteiger charge is -2.44. The van der Waals surface area contributed by atoms with E-state index in [0.29, 0.717) is 11.8 Å². The predicted octanol–water partition coefficient (Wildman–Crippen LogP) is 3.91. The Hall–Kier alpha value is -1.94. The summed E-state index contributed by atoms with van der Waals surface area (Å²) in [6.45, 7) is 4.43. The van der Waals surface area contributed by atoms with E-state index in [1.54, 1.807) is 12.4 Å². The Kier molecular flexibility index (Phi) is 4.60. The molecular weight excluding hydrogens is 334 g/mol. The van der Waals surface area contributed by atoms with Gasteiger partial charge < -0.3 is 9.47 Å². The highest BCUT2D eigenvalue weighted by atomic mass is 16.1. The molecule has 3 aliphatic rings. The molecule has 4 heteroatoms. The lowest BCUT2D eigenvalue weighted by molar-refractivity contribution is 0.0967. The van der Waals surface area contributed by atoms with Gasteiger partial charge in [0.2, 0.25) is 0 Å². The van der Waals surface area contributed by atoms with Gasteiger partial charge >= 0.3 is 0 Å². The third-order valence-electron chi connectivity index (χ3n) is 6.89. The molecular formula is C23H29N3O. The van der Waals surface area contributed by atoms with Gasteiger partial charge in [0.25, 0.3) is 5.56 Å². The van der Waals surface area contributed by atoms with Gasteiger partial charge in [-0.05, 0) is 49.3 Å². The summed E-state index contributed by atoms with van der Waals surface area (Å²) in [5.74, 6) is 2.02. The highest BCUT2D eigenvalue weighted by Crippen LogP contribution is 2.37. The molecule has 27 heavy (non-hydrogen) atoms. The molecule has 142 valence electrons. The van der Waals surface area contributed by atoms with E-state index in [0.717, 1.165) is 36.7 Å². The van der Waals surface area contributed by atoms with E-state index in [9.17, 15) is 4.79 Å². The molecule has 2 aromatic heterocycles. The van der Waals surface area contributed by atoms with Gasteiger partial charge in [-0.1, -0.05) is 25.3 Å². The number of hydrogen-bond donors (Lipinski definition) is 0. The topological polar surface area (TPSA) is 38.1 Å². The van der Waals surface area contributed by atoms with Gasteiger partial charge in [-0.15, -0.1) is 0 Å². The van der Waals surface area contributed by atoms with Crippen LogP contribution in [0.3, 0.4) is 0 Å². The summed E-state index contributed by atoms with van der Waals surface area (Å²) < 4.78 is 2.07. The molecule has 0 spiro atoms. The minimum absolute atomic E-state index is 0.163. The maximum atomic E-state index is 13.2. The summed E-state index contributed by atoms with van der Waals surface area (Å²) in [6.07, 6.45) is 11.9. The van der Waals surface area contributed by atoms with Crippen molar-refractivity contribution >= 4 is 0 Å². The molecule has 4 heterocycles. The second-order valence-corrected chi connectivity index (χ2v) is 8.85. The quantitative estimate of drug-likeness (QED) is 0.830. The number of piperidine rings is 1. The Morgan fingerprint density at radius 1 is 1.04 bits per heavy atom. The average Bonchev–Trinajstić information content (AvgIpc) is 2.70. The molecule has 1 saturated heterocycles. The zero-order valence-corrected chi connectivity index (χ0v) is 16.0. The van der Waals surface area contributed by atoms with Crippen molar-refractivity contribution in [3.63, 3.8) is 0 Å². The molecule has 1 aliphatic carbocycles. The fraction of sp³-hybridized carbons (Fsp3) is 0.565. The standard InChI is InChI=1S/C23H29N3O/c27-23-21(19-7-4-10-24-12-19)8-9-22-20-11-18(15-26(22)23)14-25(16-20)13-17-5-2-1-3-6-17/h4,7-10,12,17-18,20H,1-3,5-6,11,13-16H2. The van der Waals surface area contributed by atoms with Crippen molar-refractivity contribution in [1.82, 2.24) is 14.5 Å². The van der Waals surface area contributed by atoms with Gasteiger partial charge in [-0.3, -0.25) is 9.78 Å². The molecule has 2 aliphatic heterocycles. The molecule has 0 aromatic carbocycles. The van der Waals surface area contributed by atoms with E-state index < -0.39 is 0 Å². The molecule has 2 fully saturated rings. The van der Waals surface area contributed by atoms with Gasteiger partial charge in [0.1, 0.15) is 0 Å². The largest absolute Gasteiger partial charge is 0.311 e. The lowest BCUT2D eigenvalue weighted by atomic mass is 9.81. The number of nitrogens with zero attached hydrogens (tertiary/aromatic N) is 3. The van der Waals surface area contributed by atoms with Crippen LogP contribution >= 0.6 is 0 Å². The maximum Gasteiger partial charge on any atom is 0.258 e. The highest BCUT2D eigenvalue weighted by Gasteiger charge is 2.35. The first-order valence-corrected chi connectivity index (χ1v) is 10.6. The maximum absolute atomic E-state index is 13.2. The molecule has 0 N–H and O–H groups in total. The van der Waals surface area contributed by atoms with Crippen molar-refractivity contribution < 1.29 is 0 Å².